The molecule has 0 N–H and O–H groups in total. The molecule has 0 amide bonds. The van der Waals surface area contributed by atoms with Crippen LogP contribution in [0.25, 0.3) is 22.3 Å². The average Bonchev–Trinajstić information content (AvgIpc) is 2.56. The first kappa shape index (κ1) is 14.7. The molecule has 5 heteroatoms. The second-order valence-electron chi connectivity index (χ2n) is 4.64. The summed E-state index contributed by atoms with van der Waals surface area (Å²) in [5, 5.41) is 0.384. The minimum absolute atomic E-state index is 0.166. The summed E-state index contributed by atoms with van der Waals surface area (Å²) in [5.41, 5.74) is 1.07. The average molecular weight is 361 g/mol. The Morgan fingerprint density at radius 3 is 2.32 bits per heavy atom. The number of methoxy groups -OCH3 is 2. The van der Waals surface area contributed by atoms with Crippen molar-refractivity contribution in [1.29, 1.82) is 0 Å². The molecule has 0 atom stereocenters. The molecule has 0 bridgehead atoms. The predicted octanol–water partition coefficient (Wildman–Crippen LogP) is 4.24. The Morgan fingerprint density at radius 2 is 1.68 bits per heavy atom. The molecule has 1 heterocycles. The number of ether oxygens (including phenoxy) is 2. The Balaban J connectivity index is 2.38. The number of rotatable bonds is 3. The Bertz CT molecular complexity index is 885. The second-order valence-corrected chi connectivity index (χ2v) is 5.43. The molecule has 0 aliphatic heterocycles. The zero-order chi connectivity index (χ0) is 15.7. The third-order valence-electron chi connectivity index (χ3n) is 3.37. The number of hydrogen-bond donors (Lipinski definition) is 0. The Labute approximate surface area is 135 Å². The molecule has 22 heavy (non-hydrogen) atoms. The van der Waals surface area contributed by atoms with Crippen molar-refractivity contribution >= 4 is 26.9 Å². The van der Waals surface area contributed by atoms with E-state index in [4.69, 9.17) is 13.9 Å². The maximum absolute atomic E-state index is 12.5. The molecule has 0 saturated heterocycles. The first-order valence-electron chi connectivity index (χ1n) is 6.59. The zero-order valence-electron chi connectivity index (χ0n) is 12.1. The van der Waals surface area contributed by atoms with E-state index in [0.29, 0.717) is 32.7 Å². The summed E-state index contributed by atoms with van der Waals surface area (Å²) in [6.07, 6.45) is 0. The minimum atomic E-state index is -0.166. The highest BCUT2D eigenvalue weighted by Gasteiger charge is 2.18. The van der Waals surface area contributed by atoms with Gasteiger partial charge in [-0.2, -0.15) is 0 Å². The van der Waals surface area contributed by atoms with E-state index < -0.39 is 0 Å². The molecule has 3 rings (SSSR count). The van der Waals surface area contributed by atoms with Crippen molar-refractivity contribution in [3.05, 3.63) is 57.2 Å². The van der Waals surface area contributed by atoms with E-state index in [9.17, 15) is 4.79 Å². The first-order valence-corrected chi connectivity index (χ1v) is 7.38. The summed E-state index contributed by atoms with van der Waals surface area (Å²) in [4.78, 5) is 12.5. The van der Waals surface area contributed by atoms with Crippen LogP contribution in [0, 0.1) is 0 Å². The minimum Gasteiger partial charge on any atom is -0.496 e. The number of halogens is 1. The van der Waals surface area contributed by atoms with Crippen molar-refractivity contribution in [3.8, 4) is 22.8 Å². The molecular formula is C17H13BrO4. The lowest BCUT2D eigenvalue weighted by atomic mass is 10.1. The van der Waals surface area contributed by atoms with Crippen molar-refractivity contribution in [3.63, 3.8) is 0 Å². The lowest BCUT2D eigenvalue weighted by Crippen LogP contribution is -2.04. The van der Waals surface area contributed by atoms with E-state index in [1.54, 1.807) is 13.2 Å². The van der Waals surface area contributed by atoms with Crippen molar-refractivity contribution in [1.82, 2.24) is 0 Å². The van der Waals surface area contributed by atoms with E-state index in [1.807, 2.05) is 30.3 Å². The SMILES string of the molecule is COc1cc(OC)c2c(=O)cc(-c3ccccc3)oc2c1Br. The summed E-state index contributed by atoms with van der Waals surface area (Å²) in [6, 6.07) is 12.6. The predicted molar refractivity (Wildman–Crippen MR) is 88.7 cm³/mol. The lowest BCUT2D eigenvalue weighted by molar-refractivity contribution is 0.394. The van der Waals surface area contributed by atoms with Gasteiger partial charge >= 0.3 is 0 Å². The zero-order valence-corrected chi connectivity index (χ0v) is 13.6. The van der Waals surface area contributed by atoms with Gasteiger partial charge in [0.25, 0.3) is 0 Å². The second kappa shape index (κ2) is 5.85. The molecular weight excluding hydrogens is 348 g/mol. The lowest BCUT2D eigenvalue weighted by Gasteiger charge is -2.11. The van der Waals surface area contributed by atoms with Gasteiger partial charge in [-0.05, 0) is 15.9 Å². The van der Waals surface area contributed by atoms with E-state index in [-0.39, 0.29) is 5.43 Å². The van der Waals surface area contributed by atoms with Crippen LogP contribution in [-0.2, 0) is 0 Å². The van der Waals surface area contributed by atoms with E-state index >= 15 is 0 Å². The summed E-state index contributed by atoms with van der Waals surface area (Å²) < 4.78 is 17.1. The number of fused-ring (bicyclic) bond motifs is 1. The molecule has 0 saturated carbocycles. The van der Waals surface area contributed by atoms with Gasteiger partial charge in [-0.15, -0.1) is 0 Å². The van der Waals surface area contributed by atoms with Crippen LogP contribution >= 0.6 is 15.9 Å². The highest BCUT2D eigenvalue weighted by atomic mass is 79.9. The summed E-state index contributed by atoms with van der Waals surface area (Å²) >= 11 is 3.43. The van der Waals surface area contributed by atoms with Crippen LogP contribution in [0.5, 0.6) is 11.5 Å². The number of hydrogen-bond acceptors (Lipinski definition) is 4. The van der Waals surface area contributed by atoms with Gasteiger partial charge in [0.2, 0.25) is 0 Å². The maximum Gasteiger partial charge on any atom is 0.197 e. The maximum atomic E-state index is 12.5. The van der Waals surface area contributed by atoms with Crippen molar-refractivity contribution in [2.45, 2.75) is 0 Å². The first-order chi connectivity index (χ1) is 10.7. The van der Waals surface area contributed by atoms with Crippen LogP contribution in [0.1, 0.15) is 0 Å². The van der Waals surface area contributed by atoms with Crippen LogP contribution in [-0.4, -0.2) is 14.2 Å². The van der Waals surface area contributed by atoms with Gasteiger partial charge in [0, 0.05) is 17.7 Å². The van der Waals surface area contributed by atoms with Crippen molar-refractivity contribution in [2.75, 3.05) is 14.2 Å². The van der Waals surface area contributed by atoms with Crippen molar-refractivity contribution < 1.29 is 13.9 Å². The quantitative estimate of drug-likeness (QED) is 0.700. The van der Waals surface area contributed by atoms with Crippen LogP contribution in [0.2, 0.25) is 0 Å². The highest BCUT2D eigenvalue weighted by molar-refractivity contribution is 9.10. The van der Waals surface area contributed by atoms with E-state index in [2.05, 4.69) is 15.9 Å². The van der Waals surface area contributed by atoms with Crippen LogP contribution < -0.4 is 14.9 Å². The molecule has 0 fully saturated rings. The molecule has 3 aromatic rings. The fourth-order valence-electron chi connectivity index (χ4n) is 2.30. The smallest absolute Gasteiger partial charge is 0.197 e. The third-order valence-corrected chi connectivity index (χ3v) is 4.12. The Hall–Kier alpha value is -2.27. The molecule has 112 valence electrons. The fraction of sp³-hybridized carbons (Fsp3) is 0.118. The number of benzene rings is 2. The van der Waals surface area contributed by atoms with Gasteiger partial charge in [0.05, 0.1) is 14.2 Å². The van der Waals surface area contributed by atoms with E-state index in [0.717, 1.165) is 5.56 Å². The Morgan fingerprint density at radius 1 is 1.00 bits per heavy atom. The van der Waals surface area contributed by atoms with Gasteiger partial charge < -0.3 is 13.9 Å². The molecule has 4 nitrogen and oxygen atoms in total. The molecule has 2 aromatic carbocycles. The van der Waals surface area contributed by atoms with E-state index in [1.165, 1.54) is 13.2 Å². The topological polar surface area (TPSA) is 48.7 Å². The summed E-state index contributed by atoms with van der Waals surface area (Å²) in [5.74, 6) is 1.45. The summed E-state index contributed by atoms with van der Waals surface area (Å²) in [6.45, 7) is 0. The molecule has 0 unspecified atom stereocenters. The monoisotopic (exact) mass is 360 g/mol. The molecule has 0 aliphatic carbocycles. The molecule has 0 aliphatic rings. The molecule has 0 spiro atoms. The standard InChI is InChI=1S/C17H13BrO4/c1-20-13-9-14(21-2)16(18)17-15(13)11(19)8-12(22-17)10-6-4-3-5-7-10/h3-9H,1-2H3. The van der Waals surface area contributed by atoms with Crippen LogP contribution in [0.4, 0.5) is 0 Å². The largest absolute Gasteiger partial charge is 0.496 e. The van der Waals surface area contributed by atoms with Crippen LogP contribution in [0.15, 0.2) is 56.1 Å². The molecule has 0 radical (unpaired) electrons. The van der Waals surface area contributed by atoms with Crippen LogP contribution in [0.3, 0.4) is 0 Å². The highest BCUT2D eigenvalue weighted by Crippen LogP contribution is 2.39. The fourth-order valence-corrected chi connectivity index (χ4v) is 2.86. The van der Waals surface area contributed by atoms with Gasteiger partial charge in [0.1, 0.15) is 27.1 Å². The molecule has 1 aromatic heterocycles. The van der Waals surface area contributed by atoms with Gasteiger partial charge in [-0.1, -0.05) is 30.3 Å². The van der Waals surface area contributed by atoms with Crippen molar-refractivity contribution in [2.24, 2.45) is 0 Å². The third kappa shape index (κ3) is 2.37. The summed E-state index contributed by atoms with van der Waals surface area (Å²) in [7, 11) is 3.05. The van der Waals surface area contributed by atoms with Gasteiger partial charge in [0.15, 0.2) is 11.0 Å². The van der Waals surface area contributed by atoms with Gasteiger partial charge in [-0.3, -0.25) is 4.79 Å². The van der Waals surface area contributed by atoms with Gasteiger partial charge in [-0.25, -0.2) is 0 Å². The Kier molecular flexibility index (Phi) is 3.90. The normalized spacial score (nSPS) is 10.7.